The van der Waals surface area contributed by atoms with Crippen LogP contribution in [0.4, 0.5) is 0 Å². The molecule has 0 radical (unpaired) electrons. The number of aromatic nitrogens is 1. The van der Waals surface area contributed by atoms with Gasteiger partial charge in [-0.15, -0.1) is 0 Å². The van der Waals surface area contributed by atoms with E-state index in [1.165, 1.54) is 23.5 Å². The molecule has 0 unspecified atom stereocenters. The summed E-state index contributed by atoms with van der Waals surface area (Å²) in [6.45, 7) is 0.928. The van der Waals surface area contributed by atoms with E-state index in [1.54, 1.807) is 17.0 Å². The second-order valence-corrected chi connectivity index (χ2v) is 5.50. The highest BCUT2D eigenvalue weighted by molar-refractivity contribution is 5.91. The van der Waals surface area contributed by atoms with Gasteiger partial charge in [0.1, 0.15) is 0 Å². The van der Waals surface area contributed by atoms with Crippen LogP contribution < -0.4 is 0 Å². The second kappa shape index (κ2) is 7.55. The Labute approximate surface area is 140 Å². The van der Waals surface area contributed by atoms with E-state index < -0.39 is 5.97 Å². The largest absolute Gasteiger partial charge is 0.452 e. The average molecular weight is 322 g/mol. The lowest BCUT2D eigenvalue weighted by atomic mass is 10.00. The van der Waals surface area contributed by atoms with Crippen LogP contribution in [0.3, 0.4) is 0 Å². The van der Waals surface area contributed by atoms with Crippen LogP contribution >= 0.6 is 0 Å². The van der Waals surface area contributed by atoms with Gasteiger partial charge in [0.2, 0.25) is 0 Å². The van der Waals surface area contributed by atoms with Gasteiger partial charge in [0.25, 0.3) is 5.91 Å². The van der Waals surface area contributed by atoms with Crippen LogP contribution in [0.5, 0.6) is 0 Å². The van der Waals surface area contributed by atoms with E-state index in [0.717, 1.165) is 6.42 Å². The zero-order valence-electron chi connectivity index (χ0n) is 13.2. The molecule has 0 saturated heterocycles. The van der Waals surface area contributed by atoms with E-state index in [-0.39, 0.29) is 12.5 Å². The normalized spacial score (nSPS) is 14.0. The fourth-order valence-electron chi connectivity index (χ4n) is 2.60. The summed E-state index contributed by atoms with van der Waals surface area (Å²) in [6.07, 6.45) is 5.88. The van der Waals surface area contributed by atoms with Crippen molar-refractivity contribution in [2.75, 3.05) is 19.7 Å². The number of carbonyl (C=O) groups excluding carboxylic acids is 2. The minimum Gasteiger partial charge on any atom is -0.452 e. The number of esters is 1. The number of carbonyl (C=O) groups is 2. The van der Waals surface area contributed by atoms with Crippen LogP contribution in [-0.4, -0.2) is 41.5 Å². The summed E-state index contributed by atoms with van der Waals surface area (Å²) in [5.74, 6) is -0.691. The molecule has 0 saturated carbocycles. The number of rotatable bonds is 4. The van der Waals surface area contributed by atoms with Crippen LogP contribution in [0.15, 0.2) is 60.9 Å². The number of amides is 1. The Morgan fingerprint density at radius 2 is 1.83 bits per heavy atom. The summed E-state index contributed by atoms with van der Waals surface area (Å²) in [6, 6.07) is 13.3. The fourth-order valence-corrected chi connectivity index (χ4v) is 2.60. The highest BCUT2D eigenvalue weighted by atomic mass is 16.5. The molecule has 0 atom stereocenters. The van der Waals surface area contributed by atoms with Gasteiger partial charge < -0.3 is 9.64 Å². The molecule has 5 heteroatoms. The highest BCUT2D eigenvalue weighted by Crippen LogP contribution is 2.21. The van der Waals surface area contributed by atoms with Crippen LogP contribution in [0.2, 0.25) is 0 Å². The average Bonchev–Trinajstić information content (AvgIpc) is 2.67. The van der Waals surface area contributed by atoms with E-state index in [4.69, 9.17) is 4.74 Å². The third-order valence-electron chi connectivity index (χ3n) is 3.95. The number of nitrogens with zero attached hydrogens (tertiary/aromatic N) is 2. The molecule has 0 bridgehead atoms. The van der Waals surface area contributed by atoms with E-state index in [1.807, 2.05) is 18.2 Å². The van der Waals surface area contributed by atoms with Crippen LogP contribution in [-0.2, 0) is 9.53 Å². The van der Waals surface area contributed by atoms with E-state index in [2.05, 4.69) is 23.2 Å². The summed E-state index contributed by atoms with van der Waals surface area (Å²) in [5.41, 5.74) is 2.82. The van der Waals surface area contributed by atoms with Crippen LogP contribution in [0.1, 0.15) is 22.3 Å². The van der Waals surface area contributed by atoms with Gasteiger partial charge >= 0.3 is 5.97 Å². The molecule has 0 fully saturated rings. The molecular formula is C19H18N2O3. The van der Waals surface area contributed by atoms with Crippen molar-refractivity contribution in [3.05, 3.63) is 72.1 Å². The maximum atomic E-state index is 12.2. The Kier molecular flexibility index (Phi) is 5.01. The molecule has 0 spiro atoms. The van der Waals surface area contributed by atoms with Crippen LogP contribution in [0.25, 0.3) is 5.57 Å². The topological polar surface area (TPSA) is 59.5 Å². The number of ether oxygens (including phenoxy) is 1. The lowest BCUT2D eigenvalue weighted by molar-refractivity contribution is -0.134. The summed E-state index contributed by atoms with van der Waals surface area (Å²) >= 11 is 0. The maximum absolute atomic E-state index is 12.2. The summed E-state index contributed by atoms with van der Waals surface area (Å²) in [7, 11) is 0. The van der Waals surface area contributed by atoms with Crippen molar-refractivity contribution in [2.24, 2.45) is 0 Å². The first-order chi connectivity index (χ1) is 11.7. The Bertz CT molecular complexity index is 742. The van der Waals surface area contributed by atoms with Gasteiger partial charge in [0.15, 0.2) is 6.61 Å². The Balaban J connectivity index is 1.52. The molecule has 0 N–H and O–H groups in total. The number of hydrogen-bond donors (Lipinski definition) is 0. The van der Waals surface area contributed by atoms with Gasteiger partial charge in [-0.2, -0.15) is 0 Å². The van der Waals surface area contributed by atoms with Crippen molar-refractivity contribution in [1.29, 1.82) is 0 Å². The van der Waals surface area contributed by atoms with Crippen molar-refractivity contribution in [2.45, 2.75) is 6.42 Å². The molecule has 1 aromatic heterocycles. The van der Waals surface area contributed by atoms with Gasteiger partial charge in [0, 0.05) is 25.5 Å². The highest BCUT2D eigenvalue weighted by Gasteiger charge is 2.19. The van der Waals surface area contributed by atoms with Crippen molar-refractivity contribution >= 4 is 17.4 Å². The van der Waals surface area contributed by atoms with E-state index in [9.17, 15) is 9.59 Å². The van der Waals surface area contributed by atoms with Gasteiger partial charge in [-0.25, -0.2) is 4.79 Å². The molecule has 2 aromatic rings. The van der Waals surface area contributed by atoms with Gasteiger partial charge in [0.05, 0.1) is 5.56 Å². The van der Waals surface area contributed by atoms with E-state index >= 15 is 0 Å². The molecule has 1 aliphatic rings. The number of hydrogen-bond acceptors (Lipinski definition) is 4. The molecule has 0 aliphatic carbocycles. The molecule has 3 rings (SSSR count). The SMILES string of the molecule is O=C(OCC(=O)N1CC=C(c2ccccc2)CC1)c1ccncc1. The minimum atomic E-state index is -0.511. The first kappa shape index (κ1) is 15.9. The Morgan fingerprint density at radius 3 is 2.50 bits per heavy atom. The van der Waals surface area contributed by atoms with Gasteiger partial charge in [-0.1, -0.05) is 36.4 Å². The molecule has 1 aliphatic heterocycles. The second-order valence-electron chi connectivity index (χ2n) is 5.50. The molecule has 1 aromatic carbocycles. The quantitative estimate of drug-likeness (QED) is 0.812. The molecule has 2 heterocycles. The summed E-state index contributed by atoms with van der Waals surface area (Å²) in [4.78, 5) is 29.6. The molecule has 1 amide bonds. The number of pyridine rings is 1. The first-order valence-corrected chi connectivity index (χ1v) is 7.83. The van der Waals surface area contributed by atoms with Gasteiger partial charge in [-0.05, 0) is 29.7 Å². The summed E-state index contributed by atoms with van der Waals surface area (Å²) < 4.78 is 5.08. The molecule has 24 heavy (non-hydrogen) atoms. The first-order valence-electron chi connectivity index (χ1n) is 7.83. The zero-order chi connectivity index (χ0) is 16.8. The van der Waals surface area contributed by atoms with Crippen molar-refractivity contribution in [3.8, 4) is 0 Å². The van der Waals surface area contributed by atoms with E-state index in [0.29, 0.717) is 18.7 Å². The fraction of sp³-hybridized carbons (Fsp3) is 0.211. The smallest absolute Gasteiger partial charge is 0.338 e. The van der Waals surface area contributed by atoms with Crippen LogP contribution in [0, 0.1) is 0 Å². The van der Waals surface area contributed by atoms with Crippen molar-refractivity contribution < 1.29 is 14.3 Å². The minimum absolute atomic E-state index is 0.180. The molecule has 122 valence electrons. The summed E-state index contributed by atoms with van der Waals surface area (Å²) in [5, 5.41) is 0. The Morgan fingerprint density at radius 1 is 1.08 bits per heavy atom. The predicted octanol–water partition coefficient (Wildman–Crippen LogP) is 2.55. The number of benzene rings is 1. The maximum Gasteiger partial charge on any atom is 0.338 e. The molecule has 5 nitrogen and oxygen atoms in total. The van der Waals surface area contributed by atoms with Crippen molar-refractivity contribution in [3.63, 3.8) is 0 Å². The third-order valence-corrected chi connectivity index (χ3v) is 3.95. The Hall–Kier alpha value is -2.95. The van der Waals surface area contributed by atoms with Crippen molar-refractivity contribution in [1.82, 2.24) is 9.88 Å². The lowest BCUT2D eigenvalue weighted by Gasteiger charge is -2.26. The monoisotopic (exact) mass is 322 g/mol. The lowest BCUT2D eigenvalue weighted by Crippen LogP contribution is -2.37. The van der Waals surface area contributed by atoms with Gasteiger partial charge in [-0.3, -0.25) is 9.78 Å². The predicted molar refractivity (Wildman–Crippen MR) is 90.1 cm³/mol. The molecular weight excluding hydrogens is 304 g/mol. The third kappa shape index (κ3) is 3.87. The zero-order valence-corrected chi connectivity index (χ0v) is 13.2. The standard InChI is InChI=1S/C19H18N2O3/c22-18(14-24-19(23)17-6-10-20-11-7-17)21-12-8-16(9-13-21)15-4-2-1-3-5-15/h1-8,10-11H,9,12-14H2.